The minimum absolute atomic E-state index is 0.00377. The van der Waals surface area contributed by atoms with E-state index < -0.39 is 0 Å². The second-order valence-electron chi connectivity index (χ2n) is 5.64. The second kappa shape index (κ2) is 5.35. The Morgan fingerprint density at radius 1 is 1.32 bits per heavy atom. The van der Waals surface area contributed by atoms with Gasteiger partial charge in [-0.1, -0.05) is 11.6 Å². The number of furan rings is 1. The molecular weight excluding hydrogens is 262 g/mol. The summed E-state index contributed by atoms with van der Waals surface area (Å²) in [5.74, 6) is 0.400. The van der Waals surface area contributed by atoms with Crippen LogP contribution in [-0.4, -0.2) is 17.9 Å². The molecule has 1 N–H and O–H groups in total. The number of ketones is 1. The van der Waals surface area contributed by atoms with Gasteiger partial charge in [-0.15, -0.1) is 0 Å². The lowest BCUT2D eigenvalue weighted by molar-refractivity contribution is 0.0956. The van der Waals surface area contributed by atoms with E-state index in [0.717, 1.165) is 5.39 Å². The topological polar surface area (TPSA) is 42.2 Å². The molecule has 0 aliphatic rings. The van der Waals surface area contributed by atoms with Crippen molar-refractivity contribution in [1.29, 1.82) is 0 Å². The first kappa shape index (κ1) is 14.1. The van der Waals surface area contributed by atoms with E-state index in [9.17, 15) is 4.79 Å². The lowest BCUT2D eigenvalue weighted by Gasteiger charge is -2.19. The average Bonchev–Trinajstić information content (AvgIpc) is 2.70. The average molecular weight is 280 g/mol. The van der Waals surface area contributed by atoms with Gasteiger partial charge in [0.25, 0.3) is 0 Å². The summed E-state index contributed by atoms with van der Waals surface area (Å²) in [4.78, 5) is 12.0. The van der Waals surface area contributed by atoms with Crippen molar-refractivity contribution >= 4 is 28.4 Å². The second-order valence-corrected chi connectivity index (χ2v) is 6.08. The van der Waals surface area contributed by atoms with Crippen LogP contribution < -0.4 is 5.32 Å². The fraction of sp³-hybridized carbons (Fsp3) is 0.400. The van der Waals surface area contributed by atoms with Crippen molar-refractivity contribution in [3.05, 3.63) is 35.0 Å². The number of rotatable bonds is 4. The van der Waals surface area contributed by atoms with Gasteiger partial charge in [-0.2, -0.15) is 0 Å². The summed E-state index contributed by atoms with van der Waals surface area (Å²) in [5.41, 5.74) is 0.707. The van der Waals surface area contributed by atoms with Gasteiger partial charge < -0.3 is 9.73 Å². The first-order chi connectivity index (χ1) is 8.85. The first-order valence-corrected chi connectivity index (χ1v) is 6.70. The number of carbonyl (C=O) groups excluding carboxylic acids is 1. The molecule has 1 aromatic carbocycles. The van der Waals surface area contributed by atoms with Gasteiger partial charge in [-0.05, 0) is 45.0 Å². The van der Waals surface area contributed by atoms with Crippen molar-refractivity contribution in [1.82, 2.24) is 5.32 Å². The molecule has 0 unspecified atom stereocenters. The molecule has 102 valence electrons. The Morgan fingerprint density at radius 2 is 2.05 bits per heavy atom. The molecule has 0 saturated carbocycles. The van der Waals surface area contributed by atoms with Crippen LogP contribution in [0.1, 0.15) is 37.7 Å². The van der Waals surface area contributed by atoms with Crippen LogP contribution in [0.15, 0.2) is 28.7 Å². The molecule has 0 bridgehead atoms. The van der Waals surface area contributed by atoms with Gasteiger partial charge in [-0.25, -0.2) is 0 Å². The normalized spacial score (nSPS) is 12.0. The van der Waals surface area contributed by atoms with E-state index in [-0.39, 0.29) is 11.3 Å². The highest BCUT2D eigenvalue weighted by Crippen LogP contribution is 2.23. The zero-order chi connectivity index (χ0) is 14.0. The molecule has 19 heavy (non-hydrogen) atoms. The maximum absolute atomic E-state index is 12.0. The molecule has 0 saturated heterocycles. The van der Waals surface area contributed by atoms with Crippen molar-refractivity contribution < 1.29 is 9.21 Å². The summed E-state index contributed by atoms with van der Waals surface area (Å²) in [6.45, 7) is 6.85. The van der Waals surface area contributed by atoms with Gasteiger partial charge in [0.15, 0.2) is 11.5 Å². The van der Waals surface area contributed by atoms with Crippen LogP contribution >= 0.6 is 11.6 Å². The summed E-state index contributed by atoms with van der Waals surface area (Å²) in [6, 6.07) is 7.08. The third kappa shape index (κ3) is 3.82. The highest BCUT2D eigenvalue weighted by molar-refractivity contribution is 6.31. The van der Waals surface area contributed by atoms with Gasteiger partial charge in [-0.3, -0.25) is 4.79 Å². The van der Waals surface area contributed by atoms with Crippen LogP contribution in [0, 0.1) is 0 Å². The minimum atomic E-state index is 0.00377. The molecule has 2 aromatic rings. The molecular formula is C15H18ClNO2. The molecule has 2 rings (SSSR count). The standard InChI is InChI=1S/C15H18ClNO2/c1-15(2,3)17-7-6-12(18)14-9-10-8-11(16)4-5-13(10)19-14/h4-5,8-9,17H,6-7H2,1-3H3. The molecule has 4 heteroatoms. The van der Waals surface area contributed by atoms with Crippen LogP contribution in [0.25, 0.3) is 11.0 Å². The molecule has 1 aromatic heterocycles. The molecule has 1 heterocycles. The predicted octanol–water partition coefficient (Wildman–Crippen LogP) is 4.05. The molecule has 0 atom stereocenters. The Bertz CT molecular complexity index is 596. The fourth-order valence-electron chi connectivity index (χ4n) is 1.83. The summed E-state index contributed by atoms with van der Waals surface area (Å²) < 4.78 is 5.53. The highest BCUT2D eigenvalue weighted by Gasteiger charge is 2.14. The largest absolute Gasteiger partial charge is 0.453 e. The third-order valence-corrected chi connectivity index (χ3v) is 3.00. The molecule has 0 fully saturated rings. The Kier molecular flexibility index (Phi) is 3.97. The van der Waals surface area contributed by atoms with Crippen molar-refractivity contribution in [3.8, 4) is 0 Å². The number of hydrogen-bond acceptors (Lipinski definition) is 3. The van der Waals surface area contributed by atoms with Crippen molar-refractivity contribution in [2.45, 2.75) is 32.7 Å². The molecule has 0 spiro atoms. The van der Waals surface area contributed by atoms with E-state index in [2.05, 4.69) is 26.1 Å². The van der Waals surface area contributed by atoms with Crippen molar-refractivity contribution in [2.24, 2.45) is 0 Å². The van der Waals surface area contributed by atoms with Gasteiger partial charge in [0.2, 0.25) is 0 Å². The van der Waals surface area contributed by atoms with E-state index in [4.69, 9.17) is 16.0 Å². The highest BCUT2D eigenvalue weighted by atomic mass is 35.5. The quantitative estimate of drug-likeness (QED) is 0.859. The van der Waals surface area contributed by atoms with Crippen LogP contribution in [0.5, 0.6) is 0 Å². The van der Waals surface area contributed by atoms with E-state index in [1.165, 1.54) is 0 Å². The zero-order valence-corrected chi connectivity index (χ0v) is 12.2. The van der Waals surface area contributed by atoms with Crippen LogP contribution in [0.3, 0.4) is 0 Å². The number of benzene rings is 1. The van der Waals surface area contributed by atoms with Crippen molar-refractivity contribution in [3.63, 3.8) is 0 Å². The SMILES string of the molecule is CC(C)(C)NCCC(=O)c1cc2cc(Cl)ccc2o1. The molecule has 0 radical (unpaired) electrons. The Hall–Kier alpha value is -1.32. The Morgan fingerprint density at radius 3 is 2.74 bits per heavy atom. The Labute approximate surface area is 117 Å². The summed E-state index contributed by atoms with van der Waals surface area (Å²) in [5, 5.41) is 4.78. The maximum atomic E-state index is 12.0. The lowest BCUT2D eigenvalue weighted by Crippen LogP contribution is -2.37. The molecule has 0 aliphatic carbocycles. The van der Waals surface area contributed by atoms with Gasteiger partial charge >= 0.3 is 0 Å². The molecule has 3 nitrogen and oxygen atoms in total. The number of hydrogen-bond donors (Lipinski definition) is 1. The maximum Gasteiger partial charge on any atom is 0.199 e. The van der Waals surface area contributed by atoms with Crippen LogP contribution in [0.2, 0.25) is 5.02 Å². The van der Waals surface area contributed by atoms with E-state index in [1.54, 1.807) is 24.3 Å². The van der Waals surface area contributed by atoms with E-state index >= 15 is 0 Å². The number of halogens is 1. The summed E-state index contributed by atoms with van der Waals surface area (Å²) in [7, 11) is 0. The monoisotopic (exact) mass is 279 g/mol. The van der Waals surface area contributed by atoms with Gasteiger partial charge in [0.1, 0.15) is 5.58 Å². The van der Waals surface area contributed by atoms with Gasteiger partial charge in [0, 0.05) is 28.9 Å². The number of carbonyl (C=O) groups is 1. The van der Waals surface area contributed by atoms with E-state index in [1.807, 2.05) is 0 Å². The van der Waals surface area contributed by atoms with Gasteiger partial charge in [0.05, 0.1) is 0 Å². The minimum Gasteiger partial charge on any atom is -0.453 e. The first-order valence-electron chi connectivity index (χ1n) is 6.32. The van der Waals surface area contributed by atoms with E-state index in [0.29, 0.717) is 29.3 Å². The third-order valence-electron chi connectivity index (χ3n) is 2.76. The molecule has 0 amide bonds. The zero-order valence-electron chi connectivity index (χ0n) is 11.4. The summed E-state index contributed by atoms with van der Waals surface area (Å²) >= 11 is 5.90. The summed E-state index contributed by atoms with van der Waals surface area (Å²) in [6.07, 6.45) is 0.421. The van der Waals surface area contributed by atoms with Crippen LogP contribution in [0.4, 0.5) is 0 Å². The van der Waals surface area contributed by atoms with Crippen LogP contribution in [-0.2, 0) is 0 Å². The molecule has 0 aliphatic heterocycles. The van der Waals surface area contributed by atoms with Crippen molar-refractivity contribution in [2.75, 3.05) is 6.54 Å². The number of fused-ring (bicyclic) bond motifs is 1. The lowest BCUT2D eigenvalue weighted by atomic mass is 10.1. The Balaban J connectivity index is 2.05. The fourth-order valence-corrected chi connectivity index (χ4v) is 2.01. The number of Topliss-reactive ketones (excluding diaryl/α,β-unsaturated/α-hetero) is 1. The number of nitrogens with one attached hydrogen (secondary N) is 1. The smallest absolute Gasteiger partial charge is 0.199 e. The predicted molar refractivity (Wildman–Crippen MR) is 77.9 cm³/mol.